The van der Waals surface area contributed by atoms with Crippen LogP contribution in [0.25, 0.3) is 0 Å². The molecule has 0 bridgehead atoms. The van der Waals surface area contributed by atoms with Gasteiger partial charge in [-0.3, -0.25) is 4.79 Å². The number of amides is 1. The minimum atomic E-state index is -0.0562. The van der Waals surface area contributed by atoms with Crippen molar-refractivity contribution in [1.82, 2.24) is 4.98 Å². The molecule has 2 aliphatic heterocycles. The van der Waals surface area contributed by atoms with E-state index in [0.29, 0.717) is 30.6 Å². The zero-order valence-electron chi connectivity index (χ0n) is 14.3. The van der Waals surface area contributed by atoms with Crippen molar-refractivity contribution >= 4 is 23.2 Å². The van der Waals surface area contributed by atoms with Gasteiger partial charge in [-0.2, -0.15) is 0 Å². The monoisotopic (exact) mass is 374 g/mol. The Balaban J connectivity index is 1.45. The topological polar surface area (TPSA) is 64.9 Å². The van der Waals surface area contributed by atoms with Crippen molar-refractivity contribution in [2.24, 2.45) is 0 Å². The highest BCUT2D eigenvalue weighted by Crippen LogP contribution is 2.33. The number of nitrogens with zero attached hydrogens (tertiary/aromatic N) is 1. The van der Waals surface area contributed by atoms with E-state index in [2.05, 4.69) is 22.4 Å². The van der Waals surface area contributed by atoms with Crippen molar-refractivity contribution in [2.45, 2.75) is 18.9 Å². The number of pyridine rings is 1. The molecule has 2 N–H and O–H groups in total. The van der Waals surface area contributed by atoms with Crippen molar-refractivity contribution in [2.75, 3.05) is 31.6 Å². The highest BCUT2D eigenvalue weighted by molar-refractivity contribution is 6.32. The van der Waals surface area contributed by atoms with Crippen LogP contribution in [-0.4, -0.2) is 37.2 Å². The number of carbonyl (C=O) groups excluding carboxylic acids is 1. The van der Waals surface area contributed by atoms with Crippen LogP contribution in [0, 0.1) is 0 Å². The van der Waals surface area contributed by atoms with Gasteiger partial charge in [0, 0.05) is 24.6 Å². The van der Waals surface area contributed by atoms with Gasteiger partial charge in [-0.25, -0.2) is 4.98 Å². The summed E-state index contributed by atoms with van der Waals surface area (Å²) < 4.78 is 11.3. The largest absolute Gasteiger partial charge is 0.486 e. The molecule has 136 valence electrons. The van der Waals surface area contributed by atoms with Gasteiger partial charge in [0.25, 0.3) is 5.91 Å². The average Bonchev–Trinajstić information content (AvgIpc) is 3.11. The number of anilines is 1. The summed E-state index contributed by atoms with van der Waals surface area (Å²) >= 11 is 6.02. The Morgan fingerprint density at radius 3 is 2.96 bits per heavy atom. The number of rotatable bonds is 4. The van der Waals surface area contributed by atoms with Crippen LogP contribution in [0.3, 0.4) is 0 Å². The van der Waals surface area contributed by atoms with Crippen molar-refractivity contribution in [3.05, 3.63) is 47.2 Å². The minimum absolute atomic E-state index is 0.0562. The van der Waals surface area contributed by atoms with Gasteiger partial charge in [0.05, 0.1) is 12.2 Å². The molecule has 6 nitrogen and oxygen atoms in total. The molecule has 1 saturated heterocycles. The van der Waals surface area contributed by atoms with E-state index in [1.54, 1.807) is 18.3 Å². The molecular formula is C19H21ClN3O3+. The van der Waals surface area contributed by atoms with E-state index in [9.17, 15) is 4.79 Å². The fraction of sp³-hybridized carbons (Fsp3) is 0.368. The molecule has 2 aliphatic rings. The van der Waals surface area contributed by atoms with Crippen molar-refractivity contribution in [3.8, 4) is 11.5 Å². The molecule has 2 atom stereocenters. The van der Waals surface area contributed by atoms with Crippen LogP contribution in [-0.2, 0) is 4.79 Å². The average molecular weight is 375 g/mol. The van der Waals surface area contributed by atoms with Gasteiger partial charge in [-0.15, -0.1) is 0 Å². The standard InChI is InChI=1S/C19H20ClN3O3/c20-19-14(3-1-7-21-19)22-18(24)12-23-8-2-4-15(23)13-5-6-16-17(11-13)26-10-9-25-16/h1,3,5-7,11,15H,2,4,8-10,12H2,(H,22,24)/p+1/t15-/m1/s1. The van der Waals surface area contributed by atoms with E-state index in [1.165, 1.54) is 10.5 Å². The predicted octanol–water partition coefficient (Wildman–Crippen LogP) is 1.86. The molecule has 1 unspecified atom stereocenters. The van der Waals surface area contributed by atoms with Crippen LogP contribution >= 0.6 is 11.6 Å². The smallest absolute Gasteiger partial charge is 0.279 e. The molecule has 1 fully saturated rings. The highest BCUT2D eigenvalue weighted by Gasteiger charge is 2.32. The van der Waals surface area contributed by atoms with Gasteiger partial charge in [-0.1, -0.05) is 11.6 Å². The molecule has 4 rings (SSSR count). The number of benzene rings is 1. The third-order valence-corrected chi connectivity index (χ3v) is 5.17. The molecule has 1 amide bonds. The van der Waals surface area contributed by atoms with E-state index in [0.717, 1.165) is 30.9 Å². The number of carbonyl (C=O) groups is 1. The van der Waals surface area contributed by atoms with Crippen LogP contribution in [0.4, 0.5) is 5.69 Å². The Hall–Kier alpha value is -2.31. The van der Waals surface area contributed by atoms with E-state index >= 15 is 0 Å². The summed E-state index contributed by atoms with van der Waals surface area (Å²) in [5.74, 6) is 1.54. The van der Waals surface area contributed by atoms with E-state index in [-0.39, 0.29) is 11.9 Å². The van der Waals surface area contributed by atoms with Gasteiger partial charge < -0.3 is 19.7 Å². The number of aromatic nitrogens is 1. The summed E-state index contributed by atoms with van der Waals surface area (Å²) in [6, 6.07) is 9.89. The first-order valence-corrected chi connectivity index (χ1v) is 9.23. The first kappa shape index (κ1) is 17.1. The lowest BCUT2D eigenvalue weighted by atomic mass is 10.0. The third kappa shape index (κ3) is 3.61. The van der Waals surface area contributed by atoms with Crippen LogP contribution < -0.4 is 19.7 Å². The quantitative estimate of drug-likeness (QED) is 0.802. The van der Waals surface area contributed by atoms with Crippen molar-refractivity contribution in [3.63, 3.8) is 0 Å². The summed E-state index contributed by atoms with van der Waals surface area (Å²) in [5, 5.41) is 3.17. The van der Waals surface area contributed by atoms with E-state index in [4.69, 9.17) is 21.1 Å². The van der Waals surface area contributed by atoms with Crippen LogP contribution in [0.15, 0.2) is 36.5 Å². The fourth-order valence-corrected chi connectivity index (χ4v) is 3.85. The number of halogens is 1. The molecule has 7 heteroatoms. The maximum Gasteiger partial charge on any atom is 0.279 e. The fourth-order valence-electron chi connectivity index (χ4n) is 3.68. The Kier molecular flexibility index (Phi) is 4.95. The lowest BCUT2D eigenvalue weighted by molar-refractivity contribution is -0.910. The number of nitrogens with one attached hydrogen (secondary N) is 2. The van der Waals surface area contributed by atoms with Gasteiger partial charge in [0.2, 0.25) is 0 Å². The summed E-state index contributed by atoms with van der Waals surface area (Å²) in [7, 11) is 0. The Labute approximate surface area is 157 Å². The molecule has 0 saturated carbocycles. The normalized spacial score (nSPS) is 21.4. The lowest BCUT2D eigenvalue weighted by Crippen LogP contribution is -3.11. The molecular weight excluding hydrogens is 354 g/mol. The first-order valence-electron chi connectivity index (χ1n) is 8.85. The second kappa shape index (κ2) is 7.51. The molecule has 0 spiro atoms. The number of likely N-dealkylation sites (tertiary alicyclic amines) is 1. The minimum Gasteiger partial charge on any atom is -0.486 e. The van der Waals surface area contributed by atoms with E-state index < -0.39 is 0 Å². The van der Waals surface area contributed by atoms with Crippen molar-refractivity contribution < 1.29 is 19.2 Å². The number of quaternary nitrogens is 1. The van der Waals surface area contributed by atoms with Crippen LogP contribution in [0.5, 0.6) is 11.5 Å². The summed E-state index contributed by atoms with van der Waals surface area (Å²) in [4.78, 5) is 17.7. The zero-order chi connectivity index (χ0) is 17.9. The van der Waals surface area contributed by atoms with Gasteiger partial charge in [-0.05, 0) is 30.3 Å². The Bertz CT molecular complexity index is 814. The van der Waals surface area contributed by atoms with Gasteiger partial charge in [0.1, 0.15) is 19.3 Å². The summed E-state index contributed by atoms with van der Waals surface area (Å²) in [6.45, 7) is 2.52. The Morgan fingerprint density at radius 2 is 2.12 bits per heavy atom. The first-order chi connectivity index (χ1) is 12.7. The number of ether oxygens (including phenoxy) is 2. The Morgan fingerprint density at radius 1 is 1.27 bits per heavy atom. The zero-order valence-corrected chi connectivity index (χ0v) is 15.1. The number of hydrogen-bond donors (Lipinski definition) is 2. The second-order valence-corrected chi connectivity index (χ2v) is 6.93. The van der Waals surface area contributed by atoms with Crippen LogP contribution in [0.2, 0.25) is 5.15 Å². The highest BCUT2D eigenvalue weighted by atomic mass is 35.5. The molecule has 0 aliphatic carbocycles. The maximum absolute atomic E-state index is 12.5. The van der Waals surface area contributed by atoms with E-state index in [1.807, 2.05) is 6.07 Å². The molecule has 1 aromatic heterocycles. The van der Waals surface area contributed by atoms with Crippen molar-refractivity contribution in [1.29, 1.82) is 0 Å². The lowest BCUT2D eigenvalue weighted by Gasteiger charge is -2.24. The number of fused-ring (bicyclic) bond motifs is 1. The number of hydrogen-bond acceptors (Lipinski definition) is 4. The molecule has 3 heterocycles. The molecule has 1 aromatic carbocycles. The molecule has 26 heavy (non-hydrogen) atoms. The van der Waals surface area contributed by atoms with Crippen LogP contribution in [0.1, 0.15) is 24.4 Å². The molecule has 2 aromatic rings. The summed E-state index contributed by atoms with van der Waals surface area (Å²) in [5.41, 5.74) is 1.74. The summed E-state index contributed by atoms with van der Waals surface area (Å²) in [6.07, 6.45) is 3.74. The van der Waals surface area contributed by atoms with Gasteiger partial charge in [0.15, 0.2) is 23.2 Å². The maximum atomic E-state index is 12.5. The third-order valence-electron chi connectivity index (χ3n) is 4.87. The molecule has 0 radical (unpaired) electrons. The predicted molar refractivity (Wildman–Crippen MR) is 98.0 cm³/mol. The SMILES string of the molecule is O=C(C[NH+]1CCC[C@@H]1c1ccc2c(c1)OCCO2)Nc1cccnc1Cl. The van der Waals surface area contributed by atoms with Gasteiger partial charge >= 0.3 is 0 Å². The second-order valence-electron chi connectivity index (χ2n) is 6.57.